The second-order valence-electron chi connectivity index (χ2n) is 4.24. The summed E-state index contributed by atoms with van der Waals surface area (Å²) in [4.78, 5) is 11.9. The van der Waals surface area contributed by atoms with Gasteiger partial charge in [-0.2, -0.15) is 0 Å². The molecule has 0 fully saturated rings. The van der Waals surface area contributed by atoms with E-state index in [0.717, 1.165) is 22.4 Å². The van der Waals surface area contributed by atoms with Crippen LogP contribution in [0.25, 0.3) is 11.1 Å². The van der Waals surface area contributed by atoms with Crippen LogP contribution < -0.4 is 5.32 Å². The Morgan fingerprint density at radius 2 is 1.83 bits per heavy atom. The third-order valence-corrected chi connectivity index (χ3v) is 4.13. The average Bonchev–Trinajstić information content (AvgIpc) is 2.74. The van der Waals surface area contributed by atoms with E-state index in [-0.39, 0.29) is 11.2 Å². The predicted molar refractivity (Wildman–Crippen MR) is 76.8 cm³/mol. The molecule has 1 heterocycles. The molecule has 1 atom stereocenters. The first-order chi connectivity index (χ1) is 8.81. The van der Waals surface area contributed by atoms with Gasteiger partial charge in [0.15, 0.2) is 0 Å². The molecule has 1 N–H and O–H groups in total. The van der Waals surface area contributed by atoms with Gasteiger partial charge in [-0.15, -0.1) is 11.8 Å². The summed E-state index contributed by atoms with van der Waals surface area (Å²) in [5.41, 5.74) is 4.29. The highest BCUT2D eigenvalue weighted by Crippen LogP contribution is 2.43. The Labute approximate surface area is 110 Å². The molecular formula is C15H13NOS. The van der Waals surface area contributed by atoms with Crippen LogP contribution in [-0.2, 0) is 4.79 Å². The topological polar surface area (TPSA) is 29.1 Å². The fraction of sp³-hybridized carbons (Fsp3) is 0.133. The van der Waals surface area contributed by atoms with Crippen molar-refractivity contribution in [3.63, 3.8) is 0 Å². The molecule has 3 heteroatoms. The number of rotatable bonds is 2. The third kappa shape index (κ3) is 1.71. The second kappa shape index (κ2) is 4.50. The minimum atomic E-state index is -0.0799. The van der Waals surface area contributed by atoms with Crippen molar-refractivity contribution in [2.45, 2.75) is 5.25 Å². The highest BCUT2D eigenvalue weighted by Gasteiger charge is 2.31. The molecule has 2 nitrogen and oxygen atoms in total. The number of carbonyl (C=O) groups excluding carboxylic acids is 1. The molecule has 0 spiro atoms. The van der Waals surface area contributed by atoms with Crippen molar-refractivity contribution in [2.75, 3.05) is 11.6 Å². The average molecular weight is 255 g/mol. The summed E-state index contributed by atoms with van der Waals surface area (Å²) in [5.74, 6) is 0.0841. The molecule has 0 bridgehead atoms. The zero-order valence-corrected chi connectivity index (χ0v) is 10.8. The molecule has 3 rings (SSSR count). The summed E-state index contributed by atoms with van der Waals surface area (Å²) in [7, 11) is 0. The van der Waals surface area contributed by atoms with Crippen LogP contribution in [0.1, 0.15) is 10.8 Å². The lowest BCUT2D eigenvalue weighted by atomic mass is 10.0. The molecule has 90 valence electrons. The van der Waals surface area contributed by atoms with Gasteiger partial charge in [0.25, 0.3) is 0 Å². The Bertz CT molecular complexity index is 595. The molecule has 2 aromatic rings. The standard InChI is InChI=1S/C15H13NOS/c1-18-14-12-9-5-8-11(13(12)16-15(14)17)10-6-3-2-4-7-10/h2-9,14H,1H3,(H,16,17). The lowest BCUT2D eigenvalue weighted by Crippen LogP contribution is -2.08. The molecule has 0 radical (unpaired) electrons. The molecule has 1 unspecified atom stereocenters. The monoisotopic (exact) mass is 255 g/mol. The number of anilines is 1. The zero-order valence-electron chi connectivity index (χ0n) is 10.0. The Kier molecular flexibility index (Phi) is 2.84. The fourth-order valence-electron chi connectivity index (χ4n) is 2.35. The predicted octanol–water partition coefficient (Wildman–Crippen LogP) is 3.71. The number of nitrogens with one attached hydrogen (secondary N) is 1. The highest BCUT2D eigenvalue weighted by atomic mass is 32.2. The van der Waals surface area contributed by atoms with Gasteiger partial charge in [-0.1, -0.05) is 48.5 Å². The fourth-order valence-corrected chi connectivity index (χ4v) is 3.07. The Hall–Kier alpha value is -1.74. The summed E-state index contributed by atoms with van der Waals surface area (Å²) in [5, 5.41) is 2.93. The van der Waals surface area contributed by atoms with E-state index >= 15 is 0 Å². The first kappa shape index (κ1) is 11.4. The summed E-state index contributed by atoms with van der Waals surface area (Å²) in [6.45, 7) is 0. The van der Waals surface area contributed by atoms with Gasteiger partial charge < -0.3 is 5.32 Å². The molecule has 2 aromatic carbocycles. The number of hydrogen-bond donors (Lipinski definition) is 1. The van der Waals surface area contributed by atoms with E-state index in [2.05, 4.69) is 23.5 Å². The lowest BCUT2D eigenvalue weighted by molar-refractivity contribution is -0.115. The van der Waals surface area contributed by atoms with E-state index in [1.54, 1.807) is 11.8 Å². The van der Waals surface area contributed by atoms with Crippen LogP contribution in [0, 0.1) is 0 Å². The van der Waals surface area contributed by atoms with Crippen LogP contribution in [0.3, 0.4) is 0 Å². The van der Waals surface area contributed by atoms with Gasteiger partial charge in [0, 0.05) is 5.56 Å². The van der Waals surface area contributed by atoms with Crippen molar-refractivity contribution in [1.82, 2.24) is 0 Å². The van der Waals surface area contributed by atoms with Crippen LogP contribution in [0.5, 0.6) is 0 Å². The zero-order chi connectivity index (χ0) is 12.5. The number of fused-ring (bicyclic) bond motifs is 1. The van der Waals surface area contributed by atoms with E-state index in [9.17, 15) is 4.79 Å². The quantitative estimate of drug-likeness (QED) is 0.886. The van der Waals surface area contributed by atoms with E-state index in [4.69, 9.17) is 0 Å². The Balaban J connectivity index is 2.16. The van der Waals surface area contributed by atoms with Gasteiger partial charge >= 0.3 is 0 Å². The smallest absolute Gasteiger partial charge is 0.242 e. The van der Waals surface area contributed by atoms with Crippen molar-refractivity contribution in [2.24, 2.45) is 0 Å². The van der Waals surface area contributed by atoms with Gasteiger partial charge in [0.05, 0.1) is 5.69 Å². The Morgan fingerprint density at radius 3 is 2.56 bits per heavy atom. The molecule has 1 amide bonds. The number of carbonyl (C=O) groups is 1. The highest BCUT2D eigenvalue weighted by molar-refractivity contribution is 7.99. The lowest BCUT2D eigenvalue weighted by Gasteiger charge is -2.08. The van der Waals surface area contributed by atoms with Crippen LogP contribution in [0.4, 0.5) is 5.69 Å². The van der Waals surface area contributed by atoms with Crippen molar-refractivity contribution in [1.29, 1.82) is 0 Å². The summed E-state index contributed by atoms with van der Waals surface area (Å²) >= 11 is 1.58. The maximum Gasteiger partial charge on any atom is 0.242 e. The molecule has 0 aliphatic carbocycles. The number of thioether (sulfide) groups is 1. The maximum atomic E-state index is 11.9. The normalized spacial score (nSPS) is 17.4. The van der Waals surface area contributed by atoms with E-state index < -0.39 is 0 Å². The second-order valence-corrected chi connectivity index (χ2v) is 5.18. The minimum absolute atomic E-state index is 0.0799. The number of benzene rings is 2. The van der Waals surface area contributed by atoms with Gasteiger partial charge in [-0.05, 0) is 17.4 Å². The minimum Gasteiger partial charge on any atom is -0.324 e. The maximum absolute atomic E-state index is 11.9. The van der Waals surface area contributed by atoms with Gasteiger partial charge in [-0.3, -0.25) is 4.79 Å². The summed E-state index contributed by atoms with van der Waals surface area (Å²) in [6.07, 6.45) is 1.97. The largest absolute Gasteiger partial charge is 0.324 e. The van der Waals surface area contributed by atoms with Crippen LogP contribution >= 0.6 is 11.8 Å². The molecule has 0 aromatic heterocycles. The SMILES string of the molecule is CSC1C(=O)Nc2c(-c3ccccc3)cccc21. The summed E-state index contributed by atoms with van der Waals surface area (Å²) < 4.78 is 0. The van der Waals surface area contributed by atoms with Crippen molar-refractivity contribution >= 4 is 23.4 Å². The van der Waals surface area contributed by atoms with Crippen LogP contribution in [0.15, 0.2) is 48.5 Å². The van der Waals surface area contributed by atoms with Gasteiger partial charge in [0.2, 0.25) is 5.91 Å². The van der Waals surface area contributed by atoms with Crippen molar-refractivity contribution < 1.29 is 4.79 Å². The van der Waals surface area contributed by atoms with Gasteiger partial charge in [0.1, 0.15) is 5.25 Å². The van der Waals surface area contributed by atoms with E-state index in [0.29, 0.717) is 0 Å². The third-order valence-electron chi connectivity index (χ3n) is 3.19. The molecule has 1 aliphatic heterocycles. The number of amides is 1. The summed E-state index contributed by atoms with van der Waals surface area (Å²) in [6, 6.07) is 16.2. The van der Waals surface area contributed by atoms with E-state index in [1.807, 2.05) is 36.6 Å². The molecule has 0 saturated carbocycles. The van der Waals surface area contributed by atoms with Crippen molar-refractivity contribution in [3.8, 4) is 11.1 Å². The number of para-hydroxylation sites is 1. The number of hydrogen-bond acceptors (Lipinski definition) is 2. The van der Waals surface area contributed by atoms with E-state index in [1.165, 1.54) is 0 Å². The molecule has 18 heavy (non-hydrogen) atoms. The molecular weight excluding hydrogens is 242 g/mol. The van der Waals surface area contributed by atoms with Gasteiger partial charge in [-0.25, -0.2) is 0 Å². The van der Waals surface area contributed by atoms with Crippen LogP contribution in [-0.4, -0.2) is 12.2 Å². The first-order valence-corrected chi connectivity index (χ1v) is 7.12. The molecule has 1 aliphatic rings. The van der Waals surface area contributed by atoms with Crippen molar-refractivity contribution in [3.05, 3.63) is 54.1 Å². The van der Waals surface area contributed by atoms with Crippen LogP contribution in [0.2, 0.25) is 0 Å². The first-order valence-electron chi connectivity index (χ1n) is 5.83. The Morgan fingerprint density at radius 1 is 1.06 bits per heavy atom. The molecule has 0 saturated heterocycles.